The van der Waals surface area contributed by atoms with Gasteiger partial charge in [-0.25, -0.2) is 0 Å². The quantitative estimate of drug-likeness (QED) is 0.875. The molecule has 90 valence electrons. The maximum atomic E-state index is 9.63. The number of hydrogen-bond acceptors (Lipinski definition) is 2. The van der Waals surface area contributed by atoms with Gasteiger partial charge in [0.1, 0.15) is 0 Å². The lowest BCUT2D eigenvalue weighted by atomic mass is 10.1. The highest BCUT2D eigenvalue weighted by Crippen LogP contribution is 2.20. The summed E-state index contributed by atoms with van der Waals surface area (Å²) in [5, 5.41) is 13.6. The molecular weight excluding hydrogens is 289 g/mol. The van der Waals surface area contributed by atoms with Crippen LogP contribution in [-0.2, 0) is 6.54 Å². The molecule has 0 amide bonds. The lowest BCUT2D eigenvalue weighted by molar-refractivity contribution is 0.123. The van der Waals surface area contributed by atoms with Crippen LogP contribution in [0, 0.1) is 5.92 Å². The van der Waals surface area contributed by atoms with Crippen molar-refractivity contribution in [3.8, 4) is 0 Å². The Labute approximate surface area is 110 Å². The van der Waals surface area contributed by atoms with E-state index in [1.165, 1.54) is 0 Å². The molecule has 0 spiro atoms. The van der Waals surface area contributed by atoms with E-state index in [-0.39, 0.29) is 12.0 Å². The maximum absolute atomic E-state index is 9.63. The summed E-state index contributed by atoms with van der Waals surface area (Å²) in [5.41, 5.74) is 1.10. The smallest absolute Gasteiger partial charge is 0.0687 e. The number of aliphatic hydroxyl groups excluding tert-OH is 1. The van der Waals surface area contributed by atoms with Crippen molar-refractivity contribution in [2.24, 2.45) is 5.92 Å². The van der Waals surface area contributed by atoms with Crippen LogP contribution in [0.3, 0.4) is 0 Å². The zero-order valence-electron chi connectivity index (χ0n) is 9.50. The van der Waals surface area contributed by atoms with Crippen LogP contribution in [0.1, 0.15) is 19.4 Å². The topological polar surface area (TPSA) is 32.3 Å². The van der Waals surface area contributed by atoms with Gasteiger partial charge in [0.2, 0.25) is 0 Å². The molecule has 0 fully saturated rings. The fraction of sp³-hybridized carbons (Fsp3) is 0.500. The minimum absolute atomic E-state index is 0.273. The standard InChI is InChI=1S/C12H17BrClNO/c1-8(2)12(16)7-15-6-9-5-10(14)3-4-11(9)13/h3-5,8,12,15-16H,6-7H2,1-2H3. The van der Waals surface area contributed by atoms with E-state index in [0.717, 1.165) is 15.1 Å². The highest BCUT2D eigenvalue weighted by molar-refractivity contribution is 9.10. The van der Waals surface area contributed by atoms with Gasteiger partial charge in [0, 0.05) is 22.6 Å². The van der Waals surface area contributed by atoms with Crippen molar-refractivity contribution in [2.75, 3.05) is 6.54 Å². The Morgan fingerprint density at radius 2 is 2.12 bits per heavy atom. The molecule has 2 nitrogen and oxygen atoms in total. The van der Waals surface area contributed by atoms with Crippen molar-refractivity contribution in [1.82, 2.24) is 5.32 Å². The Bertz CT molecular complexity index is 344. The van der Waals surface area contributed by atoms with Crippen LogP contribution >= 0.6 is 27.5 Å². The van der Waals surface area contributed by atoms with E-state index < -0.39 is 0 Å². The molecule has 1 unspecified atom stereocenters. The Hall–Kier alpha value is -0.0900. The number of aliphatic hydroxyl groups is 1. The normalized spacial score (nSPS) is 13.1. The van der Waals surface area contributed by atoms with Crippen LogP contribution in [0.15, 0.2) is 22.7 Å². The van der Waals surface area contributed by atoms with E-state index in [2.05, 4.69) is 21.2 Å². The minimum atomic E-state index is -0.307. The van der Waals surface area contributed by atoms with Crippen LogP contribution in [0.4, 0.5) is 0 Å². The molecule has 1 atom stereocenters. The summed E-state index contributed by atoms with van der Waals surface area (Å²) >= 11 is 9.38. The molecule has 0 saturated carbocycles. The van der Waals surface area contributed by atoms with E-state index in [1.54, 1.807) is 0 Å². The van der Waals surface area contributed by atoms with Gasteiger partial charge in [0.25, 0.3) is 0 Å². The number of benzene rings is 1. The lowest BCUT2D eigenvalue weighted by Crippen LogP contribution is -2.30. The van der Waals surface area contributed by atoms with E-state index in [0.29, 0.717) is 13.1 Å². The summed E-state index contributed by atoms with van der Waals surface area (Å²) < 4.78 is 1.03. The van der Waals surface area contributed by atoms with E-state index >= 15 is 0 Å². The summed E-state index contributed by atoms with van der Waals surface area (Å²) in [4.78, 5) is 0. The summed E-state index contributed by atoms with van der Waals surface area (Å²) in [6.07, 6.45) is -0.307. The van der Waals surface area contributed by atoms with Crippen LogP contribution in [0.5, 0.6) is 0 Å². The third-order valence-corrected chi connectivity index (χ3v) is 3.45. The Kier molecular flexibility index (Phi) is 5.76. The molecular formula is C12H17BrClNO. The molecule has 0 heterocycles. The van der Waals surface area contributed by atoms with Gasteiger partial charge in [-0.1, -0.05) is 41.4 Å². The first kappa shape index (κ1) is 14.0. The fourth-order valence-corrected chi connectivity index (χ4v) is 1.85. The van der Waals surface area contributed by atoms with E-state index in [1.807, 2.05) is 32.0 Å². The zero-order valence-corrected chi connectivity index (χ0v) is 11.8. The molecule has 1 aromatic carbocycles. The molecule has 0 saturated heterocycles. The van der Waals surface area contributed by atoms with Crippen molar-refractivity contribution >= 4 is 27.5 Å². The molecule has 0 bridgehead atoms. The first-order chi connectivity index (χ1) is 7.50. The molecule has 0 aliphatic heterocycles. The van der Waals surface area contributed by atoms with Gasteiger partial charge in [-0.3, -0.25) is 0 Å². The first-order valence-corrected chi connectivity index (χ1v) is 6.50. The summed E-state index contributed by atoms with van der Waals surface area (Å²) in [6.45, 7) is 5.30. The van der Waals surface area contributed by atoms with Gasteiger partial charge < -0.3 is 10.4 Å². The van der Waals surface area contributed by atoms with Crippen molar-refractivity contribution in [3.05, 3.63) is 33.3 Å². The SMILES string of the molecule is CC(C)C(O)CNCc1cc(Cl)ccc1Br. The molecule has 2 N–H and O–H groups in total. The highest BCUT2D eigenvalue weighted by atomic mass is 79.9. The molecule has 1 aromatic rings. The second-order valence-electron chi connectivity index (χ2n) is 4.18. The molecule has 0 aliphatic carbocycles. The second kappa shape index (κ2) is 6.60. The van der Waals surface area contributed by atoms with E-state index in [4.69, 9.17) is 11.6 Å². The van der Waals surface area contributed by atoms with Crippen LogP contribution in [-0.4, -0.2) is 17.8 Å². The maximum Gasteiger partial charge on any atom is 0.0687 e. The van der Waals surface area contributed by atoms with E-state index in [9.17, 15) is 5.11 Å². The van der Waals surface area contributed by atoms with Crippen LogP contribution in [0.25, 0.3) is 0 Å². The van der Waals surface area contributed by atoms with Crippen molar-refractivity contribution < 1.29 is 5.11 Å². The van der Waals surface area contributed by atoms with Gasteiger partial charge in [-0.15, -0.1) is 0 Å². The molecule has 1 rings (SSSR count). The first-order valence-electron chi connectivity index (χ1n) is 5.33. The Morgan fingerprint density at radius 3 is 2.75 bits per heavy atom. The average Bonchev–Trinajstić information content (AvgIpc) is 2.22. The van der Waals surface area contributed by atoms with Crippen LogP contribution in [0.2, 0.25) is 5.02 Å². The zero-order chi connectivity index (χ0) is 12.1. The molecule has 4 heteroatoms. The Balaban J connectivity index is 2.45. The number of hydrogen-bond donors (Lipinski definition) is 2. The van der Waals surface area contributed by atoms with Gasteiger partial charge in [-0.2, -0.15) is 0 Å². The Morgan fingerprint density at radius 1 is 1.44 bits per heavy atom. The monoisotopic (exact) mass is 305 g/mol. The number of rotatable bonds is 5. The fourth-order valence-electron chi connectivity index (χ4n) is 1.27. The largest absolute Gasteiger partial charge is 0.392 e. The number of halogens is 2. The highest BCUT2D eigenvalue weighted by Gasteiger charge is 2.08. The van der Waals surface area contributed by atoms with Crippen molar-refractivity contribution in [2.45, 2.75) is 26.5 Å². The predicted molar refractivity (Wildman–Crippen MR) is 71.7 cm³/mol. The molecule has 0 aliphatic rings. The minimum Gasteiger partial charge on any atom is -0.392 e. The summed E-state index contributed by atoms with van der Waals surface area (Å²) in [6, 6.07) is 5.69. The van der Waals surface area contributed by atoms with Crippen molar-refractivity contribution in [3.63, 3.8) is 0 Å². The second-order valence-corrected chi connectivity index (χ2v) is 5.47. The molecule has 0 aromatic heterocycles. The summed E-state index contributed by atoms with van der Waals surface area (Å²) in [7, 11) is 0. The lowest BCUT2D eigenvalue weighted by Gasteiger charge is -2.15. The predicted octanol–water partition coefficient (Wildman–Crippen LogP) is 3.21. The van der Waals surface area contributed by atoms with Crippen molar-refractivity contribution in [1.29, 1.82) is 0 Å². The van der Waals surface area contributed by atoms with Gasteiger partial charge >= 0.3 is 0 Å². The van der Waals surface area contributed by atoms with Gasteiger partial charge in [0.05, 0.1) is 6.10 Å². The van der Waals surface area contributed by atoms with Crippen LogP contribution < -0.4 is 5.32 Å². The molecule has 0 radical (unpaired) electrons. The number of nitrogens with one attached hydrogen (secondary N) is 1. The van der Waals surface area contributed by atoms with Gasteiger partial charge in [0.15, 0.2) is 0 Å². The average molecular weight is 307 g/mol. The molecule has 16 heavy (non-hydrogen) atoms. The third kappa shape index (κ3) is 4.42. The summed E-state index contributed by atoms with van der Waals surface area (Å²) in [5.74, 6) is 0.273. The van der Waals surface area contributed by atoms with Gasteiger partial charge in [-0.05, 0) is 29.7 Å². The third-order valence-electron chi connectivity index (χ3n) is 2.45.